The number of Topliss-reactive ketones (excluding diaryl/α,β-unsaturated/α-hetero) is 1. The molecule has 0 saturated heterocycles. The highest BCUT2D eigenvalue weighted by Crippen LogP contribution is 2.44. The number of carbonyl (C=O) groups is 2. The molecule has 0 saturated carbocycles. The molecule has 1 aliphatic heterocycles. The Balaban J connectivity index is 1.90. The lowest BCUT2D eigenvalue weighted by atomic mass is 9.77. The largest absolute Gasteiger partial charge is 0.294 e. The lowest BCUT2D eigenvalue weighted by Crippen LogP contribution is -2.40. The normalized spacial score (nSPS) is 20.1. The number of rotatable bonds is 2. The molecule has 1 heterocycles. The lowest BCUT2D eigenvalue weighted by Gasteiger charge is -2.39. The summed E-state index contributed by atoms with van der Waals surface area (Å²) >= 11 is 12.4. The molecule has 3 nitrogen and oxygen atoms in total. The topological polar surface area (TPSA) is 37.4 Å². The third-order valence-electron chi connectivity index (χ3n) is 5.34. The number of allylic oxidation sites excluding steroid dienone is 2. The van der Waals surface area contributed by atoms with Crippen LogP contribution < -0.4 is 4.90 Å². The van der Waals surface area contributed by atoms with Crippen molar-refractivity contribution in [1.29, 1.82) is 0 Å². The first-order valence-corrected chi connectivity index (χ1v) is 9.82. The zero-order valence-corrected chi connectivity index (χ0v) is 16.5. The molecule has 1 unspecified atom stereocenters. The first-order chi connectivity index (χ1) is 13.0. The van der Waals surface area contributed by atoms with Gasteiger partial charge in [-0.25, -0.2) is 0 Å². The maximum Gasteiger partial charge on any atom is 0.232 e. The van der Waals surface area contributed by atoms with Crippen LogP contribution in [0.2, 0.25) is 10.0 Å². The third-order valence-corrected chi connectivity index (χ3v) is 5.81. The molecule has 2 aromatic rings. The SMILES string of the molecule is Cc1ccc(Cl)cc1N1C(=O)CC(c2cccc(Cl)c2)C2=C1CCCC2=O. The second kappa shape index (κ2) is 7.14. The summed E-state index contributed by atoms with van der Waals surface area (Å²) in [6, 6.07) is 13.0. The van der Waals surface area contributed by atoms with E-state index in [1.165, 1.54) is 0 Å². The van der Waals surface area contributed by atoms with Gasteiger partial charge in [-0.05, 0) is 55.2 Å². The Bertz CT molecular complexity index is 980. The van der Waals surface area contributed by atoms with Crippen LogP contribution in [0.4, 0.5) is 5.69 Å². The molecule has 2 aliphatic rings. The average Bonchev–Trinajstić information content (AvgIpc) is 2.63. The molecule has 0 aromatic heterocycles. The Morgan fingerprint density at radius 2 is 1.78 bits per heavy atom. The number of aryl methyl sites for hydroxylation is 1. The van der Waals surface area contributed by atoms with Crippen LogP contribution in [0.1, 0.15) is 42.7 Å². The maximum atomic E-state index is 13.2. The highest BCUT2D eigenvalue weighted by Gasteiger charge is 2.40. The number of anilines is 1. The van der Waals surface area contributed by atoms with E-state index in [9.17, 15) is 9.59 Å². The fraction of sp³-hybridized carbons (Fsp3) is 0.273. The zero-order chi connectivity index (χ0) is 19.1. The summed E-state index contributed by atoms with van der Waals surface area (Å²) in [5.74, 6) is -0.132. The minimum absolute atomic E-state index is 0.0150. The Kier molecular flexibility index (Phi) is 4.83. The Morgan fingerprint density at radius 1 is 1.00 bits per heavy atom. The summed E-state index contributed by atoms with van der Waals surface area (Å²) in [6.07, 6.45) is 2.22. The molecular formula is C22H19Cl2NO2. The molecule has 1 aliphatic carbocycles. The molecular weight excluding hydrogens is 381 g/mol. The smallest absolute Gasteiger partial charge is 0.232 e. The first kappa shape index (κ1) is 18.3. The number of nitrogens with zero attached hydrogens (tertiary/aromatic N) is 1. The van der Waals surface area contributed by atoms with Crippen molar-refractivity contribution in [2.24, 2.45) is 0 Å². The van der Waals surface area contributed by atoms with E-state index in [1.54, 1.807) is 17.0 Å². The lowest BCUT2D eigenvalue weighted by molar-refractivity contribution is -0.119. The standard InChI is InChI=1S/C22H19Cl2NO2/c1-13-8-9-16(24)11-19(13)25-18-6-3-7-20(26)22(18)17(12-21(25)27)14-4-2-5-15(23)10-14/h2,4-5,8-11,17H,3,6-7,12H2,1H3. The van der Waals surface area contributed by atoms with Crippen LogP contribution in [-0.4, -0.2) is 11.7 Å². The summed E-state index contributed by atoms with van der Waals surface area (Å²) in [5.41, 5.74) is 4.21. The Labute approximate surface area is 168 Å². The summed E-state index contributed by atoms with van der Waals surface area (Å²) < 4.78 is 0. The number of hydrogen-bond donors (Lipinski definition) is 0. The van der Waals surface area contributed by atoms with Gasteiger partial charge in [0.25, 0.3) is 0 Å². The number of ketones is 1. The Morgan fingerprint density at radius 3 is 2.56 bits per heavy atom. The van der Waals surface area contributed by atoms with Gasteiger partial charge in [0, 0.05) is 40.1 Å². The van der Waals surface area contributed by atoms with Gasteiger partial charge in [0.1, 0.15) is 0 Å². The summed E-state index contributed by atoms with van der Waals surface area (Å²) in [6.45, 7) is 1.95. The van der Waals surface area contributed by atoms with Crippen molar-refractivity contribution in [1.82, 2.24) is 0 Å². The monoisotopic (exact) mass is 399 g/mol. The average molecular weight is 400 g/mol. The summed E-state index contributed by atoms with van der Waals surface area (Å²) in [5, 5.41) is 1.18. The van der Waals surface area contributed by atoms with Gasteiger partial charge in [0.05, 0.1) is 5.69 Å². The number of hydrogen-bond acceptors (Lipinski definition) is 2. The quantitative estimate of drug-likeness (QED) is 0.636. The molecule has 2 aromatic carbocycles. The second-order valence-corrected chi connectivity index (χ2v) is 7.98. The van der Waals surface area contributed by atoms with E-state index in [2.05, 4.69) is 0 Å². The minimum atomic E-state index is -0.241. The van der Waals surface area contributed by atoms with Crippen LogP contribution in [0.5, 0.6) is 0 Å². The number of carbonyl (C=O) groups excluding carboxylic acids is 2. The van der Waals surface area contributed by atoms with Crippen molar-refractivity contribution in [3.63, 3.8) is 0 Å². The van der Waals surface area contributed by atoms with Crippen LogP contribution >= 0.6 is 23.2 Å². The Hall–Kier alpha value is -2.10. The van der Waals surface area contributed by atoms with Gasteiger partial charge < -0.3 is 0 Å². The van der Waals surface area contributed by atoms with E-state index in [4.69, 9.17) is 23.2 Å². The molecule has 5 heteroatoms. The summed E-state index contributed by atoms with van der Waals surface area (Å²) in [7, 11) is 0. The number of halogens is 2. The van der Waals surface area contributed by atoms with E-state index >= 15 is 0 Å². The zero-order valence-electron chi connectivity index (χ0n) is 15.0. The van der Waals surface area contributed by atoms with Gasteiger partial charge >= 0.3 is 0 Å². The molecule has 1 amide bonds. The van der Waals surface area contributed by atoms with Gasteiger partial charge in [-0.2, -0.15) is 0 Å². The van der Waals surface area contributed by atoms with Gasteiger partial charge in [-0.15, -0.1) is 0 Å². The predicted molar refractivity (Wildman–Crippen MR) is 108 cm³/mol. The molecule has 27 heavy (non-hydrogen) atoms. The van der Waals surface area contributed by atoms with Crippen molar-refractivity contribution in [3.8, 4) is 0 Å². The van der Waals surface area contributed by atoms with Crippen molar-refractivity contribution in [3.05, 3.63) is 74.9 Å². The van der Waals surface area contributed by atoms with Gasteiger partial charge in [0.15, 0.2) is 5.78 Å². The van der Waals surface area contributed by atoms with Gasteiger partial charge in [0.2, 0.25) is 5.91 Å². The van der Waals surface area contributed by atoms with Crippen LogP contribution in [-0.2, 0) is 9.59 Å². The van der Waals surface area contributed by atoms with E-state index in [0.29, 0.717) is 22.9 Å². The molecule has 0 radical (unpaired) electrons. The minimum Gasteiger partial charge on any atom is -0.294 e. The highest BCUT2D eigenvalue weighted by atomic mass is 35.5. The predicted octanol–water partition coefficient (Wildman–Crippen LogP) is 5.83. The molecule has 138 valence electrons. The first-order valence-electron chi connectivity index (χ1n) is 9.06. The molecule has 0 spiro atoms. The van der Waals surface area contributed by atoms with E-state index in [-0.39, 0.29) is 24.0 Å². The van der Waals surface area contributed by atoms with Crippen LogP contribution in [0.25, 0.3) is 0 Å². The van der Waals surface area contributed by atoms with Crippen molar-refractivity contribution >= 4 is 40.6 Å². The van der Waals surface area contributed by atoms with Crippen LogP contribution in [0, 0.1) is 6.92 Å². The fourth-order valence-corrected chi connectivity index (χ4v) is 4.47. The number of benzene rings is 2. The van der Waals surface area contributed by atoms with Crippen LogP contribution in [0.15, 0.2) is 53.7 Å². The maximum absolute atomic E-state index is 13.2. The van der Waals surface area contributed by atoms with Gasteiger partial charge in [-0.1, -0.05) is 41.4 Å². The molecule has 0 N–H and O–H groups in total. The molecule has 4 rings (SSSR count). The highest BCUT2D eigenvalue weighted by molar-refractivity contribution is 6.31. The van der Waals surface area contributed by atoms with E-state index in [1.807, 2.05) is 37.3 Å². The number of amides is 1. The van der Waals surface area contributed by atoms with Gasteiger partial charge in [-0.3, -0.25) is 14.5 Å². The fourth-order valence-electron chi connectivity index (χ4n) is 4.10. The van der Waals surface area contributed by atoms with E-state index in [0.717, 1.165) is 34.5 Å². The van der Waals surface area contributed by atoms with Crippen molar-refractivity contribution in [2.75, 3.05) is 4.90 Å². The summed E-state index contributed by atoms with van der Waals surface area (Å²) in [4.78, 5) is 27.8. The molecule has 0 bridgehead atoms. The van der Waals surface area contributed by atoms with Crippen LogP contribution in [0.3, 0.4) is 0 Å². The van der Waals surface area contributed by atoms with E-state index < -0.39 is 0 Å². The molecule has 0 fully saturated rings. The molecule has 1 atom stereocenters. The third kappa shape index (κ3) is 3.30. The van der Waals surface area contributed by atoms with Crippen molar-refractivity contribution in [2.45, 2.75) is 38.5 Å². The van der Waals surface area contributed by atoms with Crippen molar-refractivity contribution < 1.29 is 9.59 Å². The second-order valence-electron chi connectivity index (χ2n) is 7.11.